The summed E-state index contributed by atoms with van der Waals surface area (Å²) in [6.07, 6.45) is 3.80. The fourth-order valence-corrected chi connectivity index (χ4v) is 4.42. The molecule has 6 heteroatoms. The van der Waals surface area contributed by atoms with Crippen molar-refractivity contribution in [1.29, 1.82) is 0 Å². The van der Waals surface area contributed by atoms with Crippen LogP contribution in [0.25, 0.3) is 0 Å². The third kappa shape index (κ3) is 3.19. The average molecular weight is 364 g/mol. The van der Waals surface area contributed by atoms with Gasteiger partial charge in [-0.15, -0.1) is 0 Å². The number of aliphatic hydroxyl groups is 2. The van der Waals surface area contributed by atoms with Crippen LogP contribution in [0, 0.1) is 0 Å². The molecule has 1 aromatic carbocycles. The van der Waals surface area contributed by atoms with Crippen LogP contribution in [0.2, 0.25) is 0 Å². The maximum atomic E-state index is 9.67. The van der Waals surface area contributed by atoms with Gasteiger partial charge < -0.3 is 29.2 Å². The first kappa shape index (κ1) is 18.3. The molecule has 3 heterocycles. The Labute approximate surface area is 154 Å². The summed E-state index contributed by atoms with van der Waals surface area (Å²) in [6.45, 7) is 0.268. The van der Waals surface area contributed by atoms with Crippen LogP contribution in [0.3, 0.4) is 0 Å². The SMILES string of the molecule is OC[C@H]1CCC[C@]2(OC[C@H](c3ccccc3)O[C@]23CCC[C@H](CO)O3)O1. The first-order chi connectivity index (χ1) is 12.7. The quantitative estimate of drug-likeness (QED) is 0.857. The molecule has 5 atom stereocenters. The lowest BCUT2D eigenvalue weighted by Crippen LogP contribution is -2.68. The molecular formula is C20H28O6. The van der Waals surface area contributed by atoms with Crippen LogP contribution in [0.5, 0.6) is 0 Å². The molecule has 4 rings (SSSR count). The van der Waals surface area contributed by atoms with E-state index in [1.807, 2.05) is 30.3 Å². The highest BCUT2D eigenvalue weighted by molar-refractivity contribution is 5.19. The van der Waals surface area contributed by atoms with Crippen molar-refractivity contribution in [3.05, 3.63) is 35.9 Å². The number of ether oxygens (including phenoxy) is 4. The van der Waals surface area contributed by atoms with Gasteiger partial charge in [0, 0.05) is 12.8 Å². The number of benzene rings is 1. The van der Waals surface area contributed by atoms with E-state index in [-0.39, 0.29) is 31.5 Å². The van der Waals surface area contributed by atoms with Gasteiger partial charge in [-0.25, -0.2) is 0 Å². The Hall–Kier alpha value is -1.02. The Bertz CT molecular complexity index is 595. The fraction of sp³-hybridized carbons (Fsp3) is 0.700. The van der Waals surface area contributed by atoms with Gasteiger partial charge in [0.15, 0.2) is 0 Å². The topological polar surface area (TPSA) is 77.4 Å². The van der Waals surface area contributed by atoms with Crippen LogP contribution in [0.4, 0.5) is 0 Å². The molecule has 144 valence electrons. The molecule has 0 aliphatic carbocycles. The van der Waals surface area contributed by atoms with Gasteiger partial charge in [-0.3, -0.25) is 0 Å². The summed E-state index contributed by atoms with van der Waals surface area (Å²) in [5, 5.41) is 19.3. The van der Waals surface area contributed by atoms with Crippen molar-refractivity contribution >= 4 is 0 Å². The normalized spacial score (nSPS) is 40.8. The highest BCUT2D eigenvalue weighted by Gasteiger charge is 2.63. The van der Waals surface area contributed by atoms with E-state index < -0.39 is 11.6 Å². The number of rotatable bonds is 3. The van der Waals surface area contributed by atoms with Crippen LogP contribution in [0.15, 0.2) is 30.3 Å². The van der Waals surface area contributed by atoms with Crippen molar-refractivity contribution in [2.75, 3.05) is 19.8 Å². The standard InChI is InChI=1S/C20H28O6/c21-12-16-8-4-10-19(24-16)20(11-5-9-17(13-22)25-20)26-18(14-23-19)15-6-2-1-3-7-15/h1-3,6-7,16-18,21-22H,4-5,8-14H2/t16-,17-,18-,19+,20-/m1/s1. The Morgan fingerprint density at radius 2 is 1.46 bits per heavy atom. The van der Waals surface area contributed by atoms with E-state index in [2.05, 4.69) is 0 Å². The Balaban J connectivity index is 1.66. The molecule has 2 spiro atoms. The zero-order valence-corrected chi connectivity index (χ0v) is 15.0. The predicted octanol–water partition coefficient (Wildman–Crippen LogP) is 2.29. The van der Waals surface area contributed by atoms with E-state index in [0.717, 1.165) is 31.2 Å². The minimum absolute atomic E-state index is 0.0489. The minimum atomic E-state index is -1.06. The van der Waals surface area contributed by atoms with E-state index >= 15 is 0 Å². The smallest absolute Gasteiger partial charge is 0.224 e. The van der Waals surface area contributed by atoms with Gasteiger partial charge in [0.2, 0.25) is 11.6 Å². The summed E-state index contributed by atoms with van der Waals surface area (Å²) in [4.78, 5) is 0. The molecule has 0 saturated carbocycles. The van der Waals surface area contributed by atoms with Gasteiger partial charge >= 0.3 is 0 Å². The number of hydrogen-bond acceptors (Lipinski definition) is 6. The van der Waals surface area contributed by atoms with Crippen LogP contribution in [-0.4, -0.2) is 53.8 Å². The summed E-state index contributed by atoms with van der Waals surface area (Å²) < 4.78 is 25.4. The molecule has 3 aliphatic heterocycles. The summed E-state index contributed by atoms with van der Waals surface area (Å²) in [5.74, 6) is -2.09. The predicted molar refractivity (Wildman–Crippen MR) is 93.3 cm³/mol. The summed E-state index contributed by atoms with van der Waals surface area (Å²) in [6, 6.07) is 9.97. The fourth-order valence-electron chi connectivity index (χ4n) is 4.42. The highest BCUT2D eigenvalue weighted by Crippen LogP contribution is 2.52. The van der Waals surface area contributed by atoms with Crippen molar-refractivity contribution in [1.82, 2.24) is 0 Å². The number of hydrogen-bond donors (Lipinski definition) is 2. The molecule has 3 fully saturated rings. The summed E-state index contributed by atoms with van der Waals surface area (Å²) in [5.41, 5.74) is 1.03. The second kappa shape index (κ2) is 7.54. The van der Waals surface area contributed by atoms with E-state index in [4.69, 9.17) is 18.9 Å². The van der Waals surface area contributed by atoms with Gasteiger partial charge in [0.05, 0.1) is 32.0 Å². The third-order valence-corrected chi connectivity index (χ3v) is 5.74. The lowest BCUT2D eigenvalue weighted by atomic mass is 9.86. The first-order valence-corrected chi connectivity index (χ1v) is 9.64. The van der Waals surface area contributed by atoms with E-state index in [0.29, 0.717) is 19.4 Å². The second-order valence-corrected chi connectivity index (χ2v) is 7.46. The van der Waals surface area contributed by atoms with Gasteiger partial charge in [0.25, 0.3) is 0 Å². The summed E-state index contributed by atoms with van der Waals surface area (Å²) >= 11 is 0. The third-order valence-electron chi connectivity index (χ3n) is 5.74. The van der Waals surface area contributed by atoms with Crippen molar-refractivity contribution in [2.24, 2.45) is 0 Å². The molecule has 6 nitrogen and oxygen atoms in total. The van der Waals surface area contributed by atoms with Crippen molar-refractivity contribution in [2.45, 2.75) is 68.4 Å². The largest absolute Gasteiger partial charge is 0.394 e. The van der Waals surface area contributed by atoms with E-state index in [9.17, 15) is 10.2 Å². The van der Waals surface area contributed by atoms with Crippen molar-refractivity contribution in [3.63, 3.8) is 0 Å². The molecule has 0 radical (unpaired) electrons. The van der Waals surface area contributed by atoms with E-state index in [1.165, 1.54) is 0 Å². The maximum absolute atomic E-state index is 9.67. The Morgan fingerprint density at radius 1 is 0.846 bits per heavy atom. The number of aliphatic hydroxyl groups excluding tert-OH is 2. The molecule has 0 bridgehead atoms. The van der Waals surface area contributed by atoms with Gasteiger partial charge in [-0.05, 0) is 31.2 Å². The molecule has 0 unspecified atom stereocenters. The van der Waals surface area contributed by atoms with Gasteiger partial charge in [-0.2, -0.15) is 0 Å². The van der Waals surface area contributed by atoms with Crippen molar-refractivity contribution in [3.8, 4) is 0 Å². The van der Waals surface area contributed by atoms with Crippen molar-refractivity contribution < 1.29 is 29.2 Å². The molecule has 3 aliphatic rings. The lowest BCUT2D eigenvalue weighted by molar-refractivity contribution is -0.484. The molecule has 0 aromatic heterocycles. The lowest BCUT2D eigenvalue weighted by Gasteiger charge is -2.57. The molecule has 1 aromatic rings. The van der Waals surface area contributed by atoms with E-state index in [1.54, 1.807) is 0 Å². The molecule has 2 N–H and O–H groups in total. The zero-order chi connectivity index (χ0) is 18.0. The average Bonchev–Trinajstić information content (AvgIpc) is 2.71. The maximum Gasteiger partial charge on any atom is 0.224 e. The molecule has 26 heavy (non-hydrogen) atoms. The number of fused-ring (bicyclic) bond motifs is 1. The van der Waals surface area contributed by atoms with Crippen LogP contribution >= 0.6 is 0 Å². The Kier molecular flexibility index (Phi) is 5.32. The molecule has 0 amide bonds. The molecular weight excluding hydrogens is 336 g/mol. The van der Waals surface area contributed by atoms with Gasteiger partial charge in [0.1, 0.15) is 6.10 Å². The summed E-state index contributed by atoms with van der Waals surface area (Å²) in [7, 11) is 0. The Morgan fingerprint density at radius 3 is 2.12 bits per heavy atom. The van der Waals surface area contributed by atoms with Crippen LogP contribution in [0.1, 0.15) is 50.2 Å². The monoisotopic (exact) mass is 364 g/mol. The zero-order valence-electron chi connectivity index (χ0n) is 15.0. The molecule has 3 saturated heterocycles. The van der Waals surface area contributed by atoms with Crippen LogP contribution < -0.4 is 0 Å². The highest BCUT2D eigenvalue weighted by atomic mass is 16.8. The van der Waals surface area contributed by atoms with Crippen LogP contribution in [-0.2, 0) is 18.9 Å². The second-order valence-electron chi connectivity index (χ2n) is 7.46. The van der Waals surface area contributed by atoms with Gasteiger partial charge in [-0.1, -0.05) is 30.3 Å². The first-order valence-electron chi connectivity index (χ1n) is 9.64. The minimum Gasteiger partial charge on any atom is -0.394 e.